The van der Waals surface area contributed by atoms with Gasteiger partial charge in [-0.15, -0.1) is 0 Å². The van der Waals surface area contributed by atoms with Crippen LogP contribution in [-0.4, -0.2) is 25.0 Å². The molecule has 0 saturated heterocycles. The maximum atomic E-state index is 11.7. The van der Waals surface area contributed by atoms with Crippen molar-refractivity contribution in [2.24, 2.45) is 5.73 Å². The molecule has 0 aliphatic heterocycles. The molecule has 25 heavy (non-hydrogen) atoms. The van der Waals surface area contributed by atoms with Crippen LogP contribution < -0.4 is 20.5 Å². The second-order valence-corrected chi connectivity index (χ2v) is 5.64. The van der Waals surface area contributed by atoms with Crippen molar-refractivity contribution in [1.82, 2.24) is 4.98 Å². The summed E-state index contributed by atoms with van der Waals surface area (Å²) in [6, 6.07) is 10.3. The molecule has 0 unspecified atom stereocenters. The molecule has 1 aromatic heterocycles. The molecule has 128 valence electrons. The smallest absolute Gasteiger partial charge is 0.252 e. The Morgan fingerprint density at radius 3 is 2.64 bits per heavy atom. The van der Waals surface area contributed by atoms with E-state index >= 15 is 0 Å². The lowest BCUT2D eigenvalue weighted by molar-refractivity contribution is 0.0997. The van der Waals surface area contributed by atoms with Crippen molar-refractivity contribution in [1.29, 1.82) is 0 Å². The van der Waals surface area contributed by atoms with Crippen molar-refractivity contribution in [2.45, 2.75) is 0 Å². The molecule has 3 aromatic rings. The molecule has 0 bridgehead atoms. The van der Waals surface area contributed by atoms with Gasteiger partial charge in [-0.1, -0.05) is 11.6 Å². The lowest BCUT2D eigenvalue weighted by Crippen LogP contribution is -2.12. The normalized spacial score (nSPS) is 10.5. The van der Waals surface area contributed by atoms with E-state index in [2.05, 4.69) is 10.3 Å². The van der Waals surface area contributed by atoms with Gasteiger partial charge in [0.15, 0.2) is 0 Å². The maximum Gasteiger partial charge on any atom is 0.252 e. The van der Waals surface area contributed by atoms with Crippen LogP contribution >= 0.6 is 11.6 Å². The summed E-state index contributed by atoms with van der Waals surface area (Å²) in [5.74, 6) is 0.873. The first-order valence-electron chi connectivity index (χ1n) is 7.45. The highest BCUT2D eigenvalue weighted by Crippen LogP contribution is 2.35. The van der Waals surface area contributed by atoms with Gasteiger partial charge in [-0.25, -0.2) is 0 Å². The number of pyridine rings is 1. The predicted molar refractivity (Wildman–Crippen MR) is 97.9 cm³/mol. The maximum absolute atomic E-state index is 11.7. The van der Waals surface area contributed by atoms with Crippen molar-refractivity contribution in [3.05, 3.63) is 53.2 Å². The zero-order valence-corrected chi connectivity index (χ0v) is 14.4. The molecule has 0 aliphatic carbocycles. The van der Waals surface area contributed by atoms with Gasteiger partial charge >= 0.3 is 0 Å². The third-order valence-electron chi connectivity index (χ3n) is 3.73. The van der Waals surface area contributed by atoms with Gasteiger partial charge < -0.3 is 20.5 Å². The summed E-state index contributed by atoms with van der Waals surface area (Å²) >= 11 is 6.19. The first kappa shape index (κ1) is 16.9. The fourth-order valence-corrected chi connectivity index (χ4v) is 2.75. The third-order valence-corrected chi connectivity index (χ3v) is 4.04. The van der Waals surface area contributed by atoms with Gasteiger partial charge in [0.2, 0.25) is 0 Å². The van der Waals surface area contributed by atoms with Crippen LogP contribution in [0.1, 0.15) is 10.4 Å². The van der Waals surface area contributed by atoms with E-state index in [9.17, 15) is 4.79 Å². The van der Waals surface area contributed by atoms with Crippen LogP contribution in [-0.2, 0) is 0 Å². The average Bonchev–Trinajstić information content (AvgIpc) is 2.61. The number of primary amides is 1. The van der Waals surface area contributed by atoms with Crippen LogP contribution in [0, 0.1) is 0 Å². The Hall–Kier alpha value is -2.99. The van der Waals surface area contributed by atoms with E-state index in [1.807, 2.05) is 6.07 Å². The number of carbonyl (C=O) groups excluding carboxylic acids is 1. The van der Waals surface area contributed by atoms with E-state index in [1.54, 1.807) is 43.6 Å². The highest BCUT2D eigenvalue weighted by Gasteiger charge is 2.14. The number of hydrogen-bond acceptors (Lipinski definition) is 5. The van der Waals surface area contributed by atoms with E-state index in [-0.39, 0.29) is 5.56 Å². The minimum atomic E-state index is -0.588. The Bertz CT molecular complexity index is 960. The van der Waals surface area contributed by atoms with Crippen LogP contribution in [0.4, 0.5) is 5.69 Å². The largest absolute Gasteiger partial charge is 0.496 e. The molecule has 1 amide bonds. The lowest BCUT2D eigenvalue weighted by Gasteiger charge is -2.12. The molecular weight excluding hydrogens is 342 g/mol. The number of nitrogens with two attached hydrogens (primary N) is 1. The summed E-state index contributed by atoms with van der Waals surface area (Å²) < 4.78 is 11.1. The SMILES string of the molecule is CNc1ccc(Oc2ccnc3cc(OC)c(C(N)=O)cc23)cc1Cl. The summed E-state index contributed by atoms with van der Waals surface area (Å²) in [6.45, 7) is 0. The van der Waals surface area contributed by atoms with Gasteiger partial charge in [0.1, 0.15) is 17.2 Å². The number of fused-ring (bicyclic) bond motifs is 1. The van der Waals surface area contributed by atoms with Gasteiger partial charge in [0, 0.05) is 30.8 Å². The van der Waals surface area contributed by atoms with Crippen LogP contribution in [0.5, 0.6) is 17.2 Å². The Morgan fingerprint density at radius 1 is 1.20 bits per heavy atom. The topological polar surface area (TPSA) is 86.5 Å². The number of rotatable bonds is 5. The van der Waals surface area contributed by atoms with E-state index in [0.29, 0.717) is 33.2 Å². The highest BCUT2D eigenvalue weighted by molar-refractivity contribution is 6.33. The molecule has 0 aliphatic rings. The quantitative estimate of drug-likeness (QED) is 0.724. The lowest BCUT2D eigenvalue weighted by atomic mass is 10.1. The first-order chi connectivity index (χ1) is 12.0. The van der Waals surface area contributed by atoms with Gasteiger partial charge in [0.05, 0.1) is 28.9 Å². The second kappa shape index (κ2) is 6.86. The molecule has 2 aromatic carbocycles. The zero-order chi connectivity index (χ0) is 18.0. The van der Waals surface area contributed by atoms with Crippen LogP contribution in [0.3, 0.4) is 0 Å². The van der Waals surface area contributed by atoms with Crippen molar-refractivity contribution in [3.63, 3.8) is 0 Å². The predicted octanol–water partition coefficient (Wildman–Crippen LogP) is 3.83. The molecule has 1 heterocycles. The minimum Gasteiger partial charge on any atom is -0.496 e. The number of aromatic nitrogens is 1. The van der Waals surface area contributed by atoms with E-state index in [4.69, 9.17) is 26.8 Å². The highest BCUT2D eigenvalue weighted by atomic mass is 35.5. The number of nitrogens with one attached hydrogen (secondary N) is 1. The molecule has 0 radical (unpaired) electrons. The average molecular weight is 358 g/mol. The number of ether oxygens (including phenoxy) is 2. The van der Waals surface area contributed by atoms with Crippen molar-refractivity contribution >= 4 is 34.1 Å². The van der Waals surface area contributed by atoms with Gasteiger partial charge in [-0.05, 0) is 24.3 Å². The van der Waals surface area contributed by atoms with Crippen molar-refractivity contribution < 1.29 is 14.3 Å². The van der Waals surface area contributed by atoms with Gasteiger partial charge in [-0.2, -0.15) is 0 Å². The van der Waals surface area contributed by atoms with Crippen LogP contribution in [0.15, 0.2) is 42.6 Å². The molecule has 6 nitrogen and oxygen atoms in total. The number of nitrogens with zero attached hydrogens (tertiary/aromatic N) is 1. The first-order valence-corrected chi connectivity index (χ1v) is 7.83. The molecule has 3 N–H and O–H groups in total. The summed E-state index contributed by atoms with van der Waals surface area (Å²) in [7, 11) is 3.26. The molecular formula is C18H16ClN3O3. The monoisotopic (exact) mass is 357 g/mol. The number of halogens is 1. The van der Waals surface area contributed by atoms with E-state index in [1.165, 1.54) is 7.11 Å². The number of carbonyl (C=O) groups is 1. The molecule has 7 heteroatoms. The minimum absolute atomic E-state index is 0.261. The summed E-state index contributed by atoms with van der Waals surface area (Å²) in [6.07, 6.45) is 1.62. The van der Waals surface area contributed by atoms with Gasteiger partial charge in [-0.3, -0.25) is 9.78 Å². The Balaban J connectivity index is 2.08. The molecule has 0 atom stereocenters. The fourth-order valence-electron chi connectivity index (χ4n) is 2.49. The number of hydrogen-bond donors (Lipinski definition) is 2. The van der Waals surface area contributed by atoms with E-state index < -0.39 is 5.91 Å². The molecule has 0 spiro atoms. The van der Waals surface area contributed by atoms with Crippen molar-refractivity contribution in [2.75, 3.05) is 19.5 Å². The van der Waals surface area contributed by atoms with Crippen molar-refractivity contribution in [3.8, 4) is 17.2 Å². The van der Waals surface area contributed by atoms with E-state index in [0.717, 1.165) is 5.69 Å². The molecule has 0 fully saturated rings. The van der Waals surface area contributed by atoms with Gasteiger partial charge in [0.25, 0.3) is 5.91 Å². The summed E-state index contributed by atoms with van der Waals surface area (Å²) in [5, 5.41) is 4.17. The Morgan fingerprint density at radius 2 is 2.00 bits per heavy atom. The molecule has 3 rings (SSSR count). The number of benzene rings is 2. The fraction of sp³-hybridized carbons (Fsp3) is 0.111. The molecule has 0 saturated carbocycles. The summed E-state index contributed by atoms with van der Waals surface area (Å²) in [4.78, 5) is 16.0. The Kier molecular flexibility index (Phi) is 4.63. The summed E-state index contributed by atoms with van der Waals surface area (Å²) in [5.41, 5.74) is 7.11. The van der Waals surface area contributed by atoms with Crippen LogP contribution in [0.2, 0.25) is 5.02 Å². The van der Waals surface area contributed by atoms with Crippen LogP contribution in [0.25, 0.3) is 10.9 Å². The zero-order valence-electron chi connectivity index (χ0n) is 13.7. The number of methoxy groups -OCH3 is 1. The standard InChI is InChI=1S/C18H16ClN3O3/c1-21-14-4-3-10(7-13(14)19)25-16-5-6-22-15-9-17(24-2)12(18(20)23)8-11(15)16/h3-9,21H,1-2H3,(H2,20,23). The number of anilines is 1. The number of amides is 1. The third kappa shape index (κ3) is 3.29. The second-order valence-electron chi connectivity index (χ2n) is 5.24. The Labute approximate surface area is 149 Å².